The molecule has 0 aliphatic carbocycles. The van der Waals surface area contributed by atoms with Crippen molar-refractivity contribution in [3.63, 3.8) is 0 Å². The van der Waals surface area contributed by atoms with Crippen LogP contribution < -0.4 is 5.32 Å². The average Bonchev–Trinajstić information content (AvgIpc) is 3.20. The van der Waals surface area contributed by atoms with Crippen LogP contribution in [0.5, 0.6) is 0 Å². The van der Waals surface area contributed by atoms with Gasteiger partial charge in [0, 0.05) is 23.1 Å². The number of amides is 1. The van der Waals surface area contributed by atoms with Crippen LogP contribution in [0.3, 0.4) is 0 Å². The van der Waals surface area contributed by atoms with E-state index in [1.165, 1.54) is 0 Å². The van der Waals surface area contributed by atoms with E-state index < -0.39 is 9.84 Å². The van der Waals surface area contributed by atoms with E-state index in [-0.39, 0.29) is 22.2 Å². The molecule has 1 amide bonds. The van der Waals surface area contributed by atoms with Crippen LogP contribution in [-0.4, -0.2) is 24.1 Å². The minimum absolute atomic E-state index is 0.173. The molecule has 0 bridgehead atoms. The molecule has 0 spiro atoms. The van der Waals surface area contributed by atoms with E-state index in [1.54, 1.807) is 47.3 Å². The molecule has 0 saturated heterocycles. The third-order valence-corrected chi connectivity index (χ3v) is 6.75. The maximum absolute atomic E-state index is 12.6. The molecule has 1 aliphatic rings. The summed E-state index contributed by atoms with van der Waals surface area (Å²) in [5.41, 5.74) is 1.92. The van der Waals surface area contributed by atoms with Crippen LogP contribution in [-0.2, 0) is 29.2 Å². The quantitative estimate of drug-likeness (QED) is 0.764. The number of rotatable bonds is 3. The van der Waals surface area contributed by atoms with E-state index in [9.17, 15) is 13.2 Å². The molecule has 3 heterocycles. The summed E-state index contributed by atoms with van der Waals surface area (Å²) in [7, 11) is -1.76. The van der Waals surface area contributed by atoms with Crippen molar-refractivity contribution in [3.05, 3.63) is 57.9 Å². The Morgan fingerprint density at radius 2 is 2.08 bits per heavy atom. The third-order valence-electron chi connectivity index (χ3n) is 4.18. The predicted molar refractivity (Wildman–Crippen MR) is 95.0 cm³/mol. The van der Waals surface area contributed by atoms with E-state index in [4.69, 9.17) is 0 Å². The summed E-state index contributed by atoms with van der Waals surface area (Å²) in [5.74, 6) is -0.575. The Hall–Kier alpha value is -2.45. The van der Waals surface area contributed by atoms with E-state index in [1.807, 2.05) is 17.5 Å². The number of fused-ring (bicyclic) bond motifs is 3. The number of nitrogens with zero attached hydrogens (tertiary/aromatic N) is 2. The van der Waals surface area contributed by atoms with Crippen LogP contribution in [0.4, 0.5) is 0 Å². The number of carbonyl (C=O) groups excluding carboxylic acids is 1. The fourth-order valence-corrected chi connectivity index (χ4v) is 5.33. The van der Waals surface area contributed by atoms with Crippen LogP contribution in [0, 0.1) is 0 Å². The van der Waals surface area contributed by atoms with Crippen LogP contribution in [0.1, 0.15) is 20.9 Å². The zero-order valence-corrected chi connectivity index (χ0v) is 15.0. The van der Waals surface area contributed by atoms with Gasteiger partial charge in [0.25, 0.3) is 5.91 Å². The lowest BCUT2D eigenvalue weighted by molar-refractivity contribution is 0.0945. The second-order valence-electron chi connectivity index (χ2n) is 5.82. The van der Waals surface area contributed by atoms with Crippen LogP contribution >= 0.6 is 11.3 Å². The van der Waals surface area contributed by atoms with E-state index in [0.29, 0.717) is 23.4 Å². The molecule has 3 aromatic rings. The molecule has 0 unspecified atom stereocenters. The fraction of sp³-hybridized carbons (Fsp3) is 0.176. The van der Waals surface area contributed by atoms with Gasteiger partial charge in [0.1, 0.15) is 0 Å². The molecule has 1 N–H and O–H groups in total. The molecule has 1 aromatic carbocycles. The standard InChI is InChI=1S/C17H15N3O3S2/c1-20-16-12-6-2-3-7-14(12)25(22,23)10-13(16)15(19-20)17(21)18-9-11-5-4-8-24-11/h2-8H,9-10H2,1H3,(H,18,21). The van der Waals surface area contributed by atoms with Gasteiger partial charge in [-0.15, -0.1) is 11.3 Å². The SMILES string of the molecule is Cn1nc(C(=O)NCc2cccs2)c2c1-c1ccccc1S(=O)(=O)C2. The van der Waals surface area contributed by atoms with Gasteiger partial charge in [0.2, 0.25) is 0 Å². The molecule has 0 saturated carbocycles. The van der Waals surface area contributed by atoms with Gasteiger partial charge >= 0.3 is 0 Å². The predicted octanol–water partition coefficient (Wildman–Crippen LogP) is 2.37. The highest BCUT2D eigenvalue weighted by molar-refractivity contribution is 7.90. The zero-order chi connectivity index (χ0) is 17.6. The Labute approximate surface area is 149 Å². The number of sulfone groups is 1. The summed E-state index contributed by atoms with van der Waals surface area (Å²) in [5, 5.41) is 9.06. The minimum Gasteiger partial charge on any atom is -0.346 e. The van der Waals surface area contributed by atoms with Gasteiger partial charge in [-0.3, -0.25) is 9.48 Å². The Morgan fingerprint density at radius 1 is 1.28 bits per heavy atom. The first-order chi connectivity index (χ1) is 12.0. The van der Waals surface area contributed by atoms with Crippen molar-refractivity contribution in [1.82, 2.24) is 15.1 Å². The number of aromatic nitrogens is 2. The molecule has 128 valence electrons. The topological polar surface area (TPSA) is 81.1 Å². The number of thiophene rings is 1. The number of nitrogens with one attached hydrogen (secondary N) is 1. The average molecular weight is 373 g/mol. The first kappa shape index (κ1) is 16.0. The lowest BCUT2D eigenvalue weighted by Gasteiger charge is -2.17. The van der Waals surface area contributed by atoms with Gasteiger partial charge in [-0.05, 0) is 17.5 Å². The van der Waals surface area contributed by atoms with Crippen molar-refractivity contribution < 1.29 is 13.2 Å². The van der Waals surface area contributed by atoms with Crippen LogP contribution in [0.2, 0.25) is 0 Å². The lowest BCUT2D eigenvalue weighted by Crippen LogP contribution is -2.25. The molecule has 25 heavy (non-hydrogen) atoms. The van der Waals surface area contributed by atoms with Crippen molar-refractivity contribution in [2.45, 2.75) is 17.2 Å². The first-order valence-corrected chi connectivity index (χ1v) is 10.2. The van der Waals surface area contributed by atoms with Gasteiger partial charge in [-0.1, -0.05) is 24.3 Å². The molecule has 4 rings (SSSR count). The normalized spacial score (nSPS) is 14.6. The van der Waals surface area contributed by atoms with Crippen LogP contribution in [0.25, 0.3) is 11.3 Å². The number of hydrogen-bond acceptors (Lipinski definition) is 5. The summed E-state index contributed by atoms with van der Waals surface area (Å²) in [6.45, 7) is 0.394. The van der Waals surface area contributed by atoms with Gasteiger partial charge < -0.3 is 5.32 Å². The Kier molecular flexibility index (Phi) is 3.73. The Bertz CT molecular complexity index is 1070. The number of carbonyl (C=O) groups is 1. The molecule has 2 aromatic heterocycles. The summed E-state index contributed by atoms with van der Waals surface area (Å²) < 4.78 is 26.8. The maximum atomic E-state index is 12.6. The van der Waals surface area contributed by atoms with Gasteiger partial charge in [0.05, 0.1) is 22.9 Å². The van der Waals surface area contributed by atoms with Crippen molar-refractivity contribution in [3.8, 4) is 11.3 Å². The van der Waals surface area contributed by atoms with Crippen molar-refractivity contribution in [2.24, 2.45) is 7.05 Å². The lowest BCUT2D eigenvalue weighted by atomic mass is 10.1. The maximum Gasteiger partial charge on any atom is 0.272 e. The molecule has 0 fully saturated rings. The molecule has 0 radical (unpaired) electrons. The summed E-state index contributed by atoms with van der Waals surface area (Å²) in [6.07, 6.45) is 0. The minimum atomic E-state index is -3.49. The van der Waals surface area contributed by atoms with Gasteiger partial charge in [0.15, 0.2) is 15.5 Å². The molecule has 6 nitrogen and oxygen atoms in total. The molecule has 1 aliphatic heterocycles. The van der Waals surface area contributed by atoms with Crippen molar-refractivity contribution in [2.75, 3.05) is 0 Å². The Morgan fingerprint density at radius 3 is 2.84 bits per heavy atom. The molecular formula is C17H15N3O3S2. The number of hydrogen-bond donors (Lipinski definition) is 1. The monoisotopic (exact) mass is 373 g/mol. The Balaban J connectivity index is 1.75. The smallest absolute Gasteiger partial charge is 0.272 e. The summed E-state index contributed by atoms with van der Waals surface area (Å²) >= 11 is 1.55. The summed E-state index contributed by atoms with van der Waals surface area (Å²) in [6, 6.07) is 10.7. The highest BCUT2D eigenvalue weighted by atomic mass is 32.2. The summed E-state index contributed by atoms with van der Waals surface area (Å²) in [4.78, 5) is 13.9. The molecule has 8 heteroatoms. The van der Waals surface area contributed by atoms with Crippen molar-refractivity contribution in [1.29, 1.82) is 0 Å². The molecule has 0 atom stereocenters. The van der Waals surface area contributed by atoms with E-state index >= 15 is 0 Å². The first-order valence-electron chi connectivity index (χ1n) is 7.66. The second-order valence-corrected chi connectivity index (χ2v) is 8.81. The highest BCUT2D eigenvalue weighted by Crippen LogP contribution is 2.38. The fourth-order valence-electron chi connectivity index (χ4n) is 3.09. The van der Waals surface area contributed by atoms with E-state index in [2.05, 4.69) is 10.4 Å². The number of benzene rings is 1. The van der Waals surface area contributed by atoms with Gasteiger partial charge in [-0.2, -0.15) is 5.10 Å². The second kappa shape index (κ2) is 5.82. The van der Waals surface area contributed by atoms with E-state index in [0.717, 1.165) is 4.88 Å². The van der Waals surface area contributed by atoms with Crippen LogP contribution in [0.15, 0.2) is 46.7 Å². The largest absolute Gasteiger partial charge is 0.346 e. The highest BCUT2D eigenvalue weighted by Gasteiger charge is 2.34. The molecular weight excluding hydrogens is 358 g/mol. The van der Waals surface area contributed by atoms with Gasteiger partial charge in [-0.25, -0.2) is 8.42 Å². The van der Waals surface area contributed by atoms with Crippen molar-refractivity contribution >= 4 is 27.1 Å². The zero-order valence-electron chi connectivity index (χ0n) is 13.4. The third kappa shape index (κ3) is 2.67. The number of aryl methyl sites for hydroxylation is 1.